The van der Waals surface area contributed by atoms with Gasteiger partial charge >= 0.3 is 5.97 Å². The first-order valence-corrected chi connectivity index (χ1v) is 10.7. The third-order valence-electron chi connectivity index (χ3n) is 7.04. The lowest BCUT2D eigenvalue weighted by molar-refractivity contribution is -0.136. The summed E-state index contributed by atoms with van der Waals surface area (Å²) in [5, 5.41) is 18.8. The molecular formula is C25H33FO3. The summed E-state index contributed by atoms with van der Waals surface area (Å²) < 4.78 is 14.0. The molecule has 3 aliphatic carbocycles. The second kappa shape index (κ2) is 8.83. The zero-order valence-corrected chi connectivity index (χ0v) is 17.5. The van der Waals surface area contributed by atoms with Gasteiger partial charge in [0.15, 0.2) is 0 Å². The molecule has 0 aromatic heterocycles. The fraction of sp³-hybridized carbons (Fsp3) is 0.560. The number of carboxylic acids is 1. The highest BCUT2D eigenvalue weighted by Gasteiger charge is 2.45. The van der Waals surface area contributed by atoms with Crippen LogP contribution in [-0.4, -0.2) is 28.5 Å². The van der Waals surface area contributed by atoms with Crippen molar-refractivity contribution < 1.29 is 19.4 Å². The zero-order valence-electron chi connectivity index (χ0n) is 17.5. The number of aliphatic carboxylic acids is 1. The first-order chi connectivity index (χ1) is 13.7. The van der Waals surface area contributed by atoms with Gasteiger partial charge in [-0.2, -0.15) is 0 Å². The SMILES string of the molecule is C=C1C(=CC=C2CCCC3(C)C(C(C)C=CCC(=O)O)=CCC23)CC(O)CC1F. The molecule has 0 aromatic carbocycles. The van der Waals surface area contributed by atoms with Gasteiger partial charge in [-0.1, -0.05) is 62.0 Å². The molecule has 0 aromatic rings. The molecule has 0 amide bonds. The lowest BCUT2D eigenvalue weighted by atomic mass is 9.62. The second-order valence-electron chi connectivity index (χ2n) is 9.05. The van der Waals surface area contributed by atoms with Crippen LogP contribution in [0.1, 0.15) is 58.8 Å². The number of carbonyl (C=O) groups is 1. The Morgan fingerprint density at radius 3 is 2.93 bits per heavy atom. The maximum atomic E-state index is 14.0. The minimum Gasteiger partial charge on any atom is -0.481 e. The summed E-state index contributed by atoms with van der Waals surface area (Å²) in [5.74, 6) is -0.150. The monoisotopic (exact) mass is 400 g/mol. The predicted molar refractivity (Wildman–Crippen MR) is 114 cm³/mol. The van der Waals surface area contributed by atoms with Gasteiger partial charge in [0.1, 0.15) is 6.17 Å². The number of hydrogen-bond acceptors (Lipinski definition) is 2. The first-order valence-electron chi connectivity index (χ1n) is 10.7. The summed E-state index contributed by atoms with van der Waals surface area (Å²) in [5.41, 5.74) is 4.22. The molecule has 0 bridgehead atoms. The molecule has 0 saturated heterocycles. The topological polar surface area (TPSA) is 57.5 Å². The van der Waals surface area contributed by atoms with E-state index in [4.69, 9.17) is 5.11 Å². The normalized spacial score (nSPS) is 36.5. The molecule has 29 heavy (non-hydrogen) atoms. The molecule has 2 N–H and O–H groups in total. The van der Waals surface area contributed by atoms with Crippen LogP contribution in [0.25, 0.3) is 0 Å². The van der Waals surface area contributed by atoms with Crippen LogP contribution in [0.2, 0.25) is 0 Å². The standard InChI is InChI=1S/C25H33FO3/c1-16(6-4-8-24(28)29)21-11-12-22-18(7-5-13-25(21,22)3)9-10-19-14-20(27)15-23(26)17(19)2/h4,6,9-11,16,20,22-23,27H,2,5,7-8,12-15H2,1,3H3,(H,28,29). The van der Waals surface area contributed by atoms with Crippen LogP contribution < -0.4 is 0 Å². The van der Waals surface area contributed by atoms with Gasteiger partial charge in [-0.25, -0.2) is 4.39 Å². The van der Waals surface area contributed by atoms with Crippen molar-refractivity contribution in [3.8, 4) is 0 Å². The number of rotatable bonds is 5. The smallest absolute Gasteiger partial charge is 0.307 e. The Labute approximate surface area is 173 Å². The number of fused-ring (bicyclic) bond motifs is 1. The Kier molecular flexibility index (Phi) is 6.62. The zero-order chi connectivity index (χ0) is 21.2. The van der Waals surface area contributed by atoms with Crippen molar-refractivity contribution in [2.45, 2.75) is 71.1 Å². The summed E-state index contributed by atoms with van der Waals surface area (Å²) >= 11 is 0. The molecule has 0 spiro atoms. The van der Waals surface area contributed by atoms with E-state index >= 15 is 0 Å². The van der Waals surface area contributed by atoms with Crippen LogP contribution in [0.5, 0.6) is 0 Å². The number of aliphatic hydroxyl groups excluding tert-OH is 1. The van der Waals surface area contributed by atoms with E-state index in [1.807, 2.05) is 12.2 Å². The Hall–Kier alpha value is -1.94. The first kappa shape index (κ1) is 21.8. The molecule has 0 heterocycles. The van der Waals surface area contributed by atoms with Gasteiger partial charge in [0, 0.05) is 6.42 Å². The highest BCUT2D eigenvalue weighted by Crippen LogP contribution is 2.56. The molecule has 3 rings (SSSR count). The highest BCUT2D eigenvalue weighted by atomic mass is 19.1. The molecule has 2 fully saturated rings. The van der Waals surface area contributed by atoms with Crippen LogP contribution in [0.4, 0.5) is 4.39 Å². The Bertz CT molecular complexity index is 788. The van der Waals surface area contributed by atoms with Crippen molar-refractivity contribution in [2.75, 3.05) is 0 Å². The third kappa shape index (κ3) is 4.63. The third-order valence-corrected chi connectivity index (χ3v) is 7.04. The lowest BCUT2D eigenvalue weighted by Gasteiger charge is -2.42. The quantitative estimate of drug-likeness (QED) is 0.583. The molecule has 0 radical (unpaired) electrons. The Balaban J connectivity index is 1.77. The molecule has 4 heteroatoms. The van der Waals surface area contributed by atoms with E-state index in [0.29, 0.717) is 17.9 Å². The number of alkyl halides is 1. The fourth-order valence-corrected chi connectivity index (χ4v) is 5.47. The second-order valence-corrected chi connectivity index (χ2v) is 9.05. The lowest BCUT2D eigenvalue weighted by Crippen LogP contribution is -2.32. The van der Waals surface area contributed by atoms with Crippen molar-refractivity contribution in [3.63, 3.8) is 0 Å². The average Bonchev–Trinajstić information content (AvgIpc) is 3.00. The van der Waals surface area contributed by atoms with Crippen LogP contribution in [0.3, 0.4) is 0 Å². The van der Waals surface area contributed by atoms with Crippen LogP contribution >= 0.6 is 0 Å². The van der Waals surface area contributed by atoms with Gasteiger partial charge in [0.2, 0.25) is 0 Å². The number of halogens is 1. The average molecular weight is 401 g/mol. The largest absolute Gasteiger partial charge is 0.481 e. The van der Waals surface area contributed by atoms with Gasteiger partial charge in [0.05, 0.1) is 12.5 Å². The molecular weight excluding hydrogens is 367 g/mol. The summed E-state index contributed by atoms with van der Waals surface area (Å²) in [6, 6.07) is 0. The summed E-state index contributed by atoms with van der Waals surface area (Å²) in [7, 11) is 0. The molecule has 3 aliphatic rings. The van der Waals surface area contributed by atoms with Crippen molar-refractivity contribution in [2.24, 2.45) is 17.3 Å². The van der Waals surface area contributed by atoms with Crippen molar-refractivity contribution in [1.82, 2.24) is 0 Å². The number of carboxylic acid groups (broad SMARTS) is 1. The summed E-state index contributed by atoms with van der Waals surface area (Å²) in [6.45, 7) is 8.37. The Morgan fingerprint density at radius 1 is 1.45 bits per heavy atom. The van der Waals surface area contributed by atoms with Crippen LogP contribution in [-0.2, 0) is 4.79 Å². The number of aliphatic hydroxyl groups is 1. The van der Waals surface area contributed by atoms with Gasteiger partial charge in [-0.05, 0) is 60.5 Å². The maximum absolute atomic E-state index is 14.0. The molecule has 5 atom stereocenters. The summed E-state index contributed by atoms with van der Waals surface area (Å²) in [4.78, 5) is 10.8. The predicted octanol–water partition coefficient (Wildman–Crippen LogP) is 5.69. The Morgan fingerprint density at radius 2 is 2.21 bits per heavy atom. The molecule has 158 valence electrons. The molecule has 0 aliphatic heterocycles. The van der Waals surface area contributed by atoms with E-state index in [9.17, 15) is 14.3 Å². The summed E-state index contributed by atoms with van der Waals surface area (Å²) in [6.07, 6.45) is 13.4. The minimum absolute atomic E-state index is 0.0573. The number of allylic oxidation sites excluding steroid dienone is 7. The van der Waals surface area contributed by atoms with Crippen molar-refractivity contribution >= 4 is 5.97 Å². The van der Waals surface area contributed by atoms with E-state index in [-0.39, 0.29) is 24.2 Å². The number of hydrogen-bond donors (Lipinski definition) is 2. The molecule has 5 unspecified atom stereocenters. The highest BCUT2D eigenvalue weighted by molar-refractivity contribution is 5.68. The van der Waals surface area contributed by atoms with Gasteiger partial charge < -0.3 is 10.2 Å². The van der Waals surface area contributed by atoms with Gasteiger partial charge in [-0.3, -0.25) is 4.79 Å². The van der Waals surface area contributed by atoms with Gasteiger partial charge in [-0.15, -0.1) is 0 Å². The van der Waals surface area contributed by atoms with E-state index in [1.165, 1.54) is 11.1 Å². The van der Waals surface area contributed by atoms with Crippen LogP contribution in [0, 0.1) is 17.3 Å². The van der Waals surface area contributed by atoms with E-state index in [2.05, 4.69) is 32.6 Å². The van der Waals surface area contributed by atoms with E-state index in [0.717, 1.165) is 31.3 Å². The van der Waals surface area contributed by atoms with Crippen molar-refractivity contribution in [1.29, 1.82) is 0 Å². The minimum atomic E-state index is -1.15. The van der Waals surface area contributed by atoms with Crippen LogP contribution in [0.15, 0.2) is 59.3 Å². The fourth-order valence-electron chi connectivity index (χ4n) is 5.47. The molecule has 2 saturated carbocycles. The maximum Gasteiger partial charge on any atom is 0.307 e. The van der Waals surface area contributed by atoms with E-state index in [1.54, 1.807) is 6.08 Å². The molecule has 3 nitrogen and oxygen atoms in total. The van der Waals surface area contributed by atoms with Crippen molar-refractivity contribution in [3.05, 3.63) is 59.3 Å². The van der Waals surface area contributed by atoms with E-state index < -0.39 is 18.2 Å². The van der Waals surface area contributed by atoms with Gasteiger partial charge in [0.25, 0.3) is 0 Å².